The van der Waals surface area contributed by atoms with Crippen LogP contribution >= 0.6 is 23.2 Å². The predicted octanol–water partition coefficient (Wildman–Crippen LogP) is 5.08. The van der Waals surface area contributed by atoms with Gasteiger partial charge in [0.05, 0.1) is 47.5 Å². The maximum atomic E-state index is 6.41. The van der Waals surface area contributed by atoms with Crippen molar-refractivity contribution in [2.45, 2.75) is 57.3 Å². The summed E-state index contributed by atoms with van der Waals surface area (Å²) in [5, 5.41) is 12.4. The van der Waals surface area contributed by atoms with E-state index in [9.17, 15) is 0 Å². The number of anilines is 2. The third-order valence-corrected chi connectivity index (χ3v) is 7.29. The lowest BCUT2D eigenvalue weighted by Gasteiger charge is -2.29. The zero-order chi connectivity index (χ0) is 22.9. The first-order valence-corrected chi connectivity index (χ1v) is 11.8. The summed E-state index contributed by atoms with van der Waals surface area (Å²) < 4.78 is 13.2. The molecule has 10 heteroatoms. The van der Waals surface area contributed by atoms with E-state index in [1.54, 1.807) is 25.6 Å². The molecule has 5 rings (SSSR count). The van der Waals surface area contributed by atoms with E-state index in [0.717, 1.165) is 24.1 Å². The van der Waals surface area contributed by atoms with E-state index < -0.39 is 0 Å². The zero-order valence-corrected chi connectivity index (χ0v) is 20.0. The molecule has 0 aliphatic carbocycles. The highest BCUT2D eigenvalue weighted by Gasteiger charge is 2.34. The Morgan fingerprint density at radius 3 is 2.55 bits per heavy atom. The van der Waals surface area contributed by atoms with Gasteiger partial charge in [-0.25, -0.2) is 9.97 Å². The minimum atomic E-state index is 0.177. The molecule has 174 valence electrons. The van der Waals surface area contributed by atoms with Crippen molar-refractivity contribution < 1.29 is 9.47 Å². The smallest absolute Gasteiger partial charge is 0.227 e. The number of ether oxygens (including phenoxy) is 2. The van der Waals surface area contributed by atoms with Crippen LogP contribution in [0.15, 0.2) is 30.9 Å². The maximum Gasteiger partial charge on any atom is 0.227 e. The van der Waals surface area contributed by atoms with Crippen molar-refractivity contribution in [1.82, 2.24) is 25.1 Å². The Bertz CT molecular complexity index is 1120. The van der Waals surface area contributed by atoms with Crippen LogP contribution in [0.5, 0.6) is 11.5 Å². The fraction of sp³-hybridized carbons (Fsp3) is 0.435. The first kappa shape index (κ1) is 22.3. The molecule has 33 heavy (non-hydrogen) atoms. The second-order valence-electron chi connectivity index (χ2n) is 8.63. The van der Waals surface area contributed by atoms with Gasteiger partial charge in [-0.15, -0.1) is 0 Å². The average Bonchev–Trinajstić information content (AvgIpc) is 3.43. The predicted molar refractivity (Wildman–Crippen MR) is 128 cm³/mol. The van der Waals surface area contributed by atoms with Crippen molar-refractivity contribution >= 4 is 34.8 Å². The van der Waals surface area contributed by atoms with Crippen LogP contribution in [0.2, 0.25) is 10.0 Å². The lowest BCUT2D eigenvalue weighted by molar-refractivity contribution is 0.281. The summed E-state index contributed by atoms with van der Waals surface area (Å²) in [5.74, 6) is 1.54. The quantitative estimate of drug-likeness (QED) is 0.479. The highest BCUT2D eigenvalue weighted by atomic mass is 35.5. The van der Waals surface area contributed by atoms with Crippen LogP contribution in [0, 0.1) is 6.92 Å². The van der Waals surface area contributed by atoms with Gasteiger partial charge in [0.1, 0.15) is 12.4 Å². The molecule has 0 saturated carbocycles. The van der Waals surface area contributed by atoms with Gasteiger partial charge in [0.2, 0.25) is 5.95 Å². The number of piperidine rings is 1. The molecule has 0 unspecified atom stereocenters. The molecule has 2 saturated heterocycles. The minimum Gasteiger partial charge on any atom is -0.495 e. The summed E-state index contributed by atoms with van der Waals surface area (Å²) in [6.07, 6.45) is 11.8. The number of aryl methyl sites for hydroxylation is 1. The van der Waals surface area contributed by atoms with Crippen LogP contribution in [-0.4, -0.2) is 38.9 Å². The Balaban J connectivity index is 1.21. The Labute approximate surface area is 202 Å². The monoisotopic (exact) mass is 488 g/mol. The van der Waals surface area contributed by atoms with Crippen molar-refractivity contribution in [3.05, 3.63) is 52.0 Å². The van der Waals surface area contributed by atoms with Crippen LogP contribution < -0.4 is 20.1 Å². The molecule has 2 bridgehead atoms. The standard InChI is InChI=1S/C23H26Cl2N6O2/c1-13-5-20(32-2)22(25)19(21(13)24)12-33-18-9-26-23(27-10-18)30-16-8-28-31(11-16)17-6-14-3-4-15(7-17)29-14/h5,8-11,14-15,17,29H,3-4,6-7,12H2,1-2H3,(H,26,27,30)/t14-,15+,17-. The number of benzene rings is 1. The second kappa shape index (κ2) is 9.37. The number of hydrogen-bond donors (Lipinski definition) is 2. The molecular formula is C23H26Cl2N6O2. The maximum absolute atomic E-state index is 6.41. The molecule has 0 spiro atoms. The first-order chi connectivity index (χ1) is 16.0. The normalized spacial score (nSPS) is 21.8. The van der Waals surface area contributed by atoms with E-state index >= 15 is 0 Å². The molecule has 2 fully saturated rings. The molecular weight excluding hydrogens is 463 g/mol. The Kier molecular flexibility index (Phi) is 6.32. The Morgan fingerprint density at radius 2 is 1.85 bits per heavy atom. The summed E-state index contributed by atoms with van der Waals surface area (Å²) in [7, 11) is 1.57. The van der Waals surface area contributed by atoms with Gasteiger partial charge in [0.25, 0.3) is 0 Å². The number of halogens is 2. The summed E-state index contributed by atoms with van der Waals surface area (Å²) in [6, 6.07) is 3.48. The fourth-order valence-corrected chi connectivity index (χ4v) is 5.20. The van der Waals surface area contributed by atoms with E-state index in [-0.39, 0.29) is 6.61 Å². The van der Waals surface area contributed by atoms with Crippen LogP contribution in [0.3, 0.4) is 0 Å². The van der Waals surface area contributed by atoms with Crippen molar-refractivity contribution in [2.75, 3.05) is 12.4 Å². The molecule has 0 amide bonds. The Hall–Kier alpha value is -2.55. The number of hydrogen-bond acceptors (Lipinski definition) is 7. The third kappa shape index (κ3) is 4.74. The molecule has 0 radical (unpaired) electrons. The molecule has 2 aromatic heterocycles. The summed E-state index contributed by atoms with van der Waals surface area (Å²) in [5.41, 5.74) is 2.39. The van der Waals surface area contributed by atoms with Gasteiger partial charge in [-0.1, -0.05) is 23.2 Å². The van der Waals surface area contributed by atoms with Gasteiger partial charge in [0.15, 0.2) is 5.75 Å². The molecule has 3 atom stereocenters. The van der Waals surface area contributed by atoms with Gasteiger partial charge < -0.3 is 20.1 Å². The van der Waals surface area contributed by atoms with E-state index in [0.29, 0.717) is 51.2 Å². The number of nitrogens with one attached hydrogen (secondary N) is 2. The van der Waals surface area contributed by atoms with Gasteiger partial charge in [-0.05, 0) is 44.2 Å². The zero-order valence-electron chi connectivity index (χ0n) is 18.5. The van der Waals surface area contributed by atoms with Crippen LogP contribution in [-0.2, 0) is 6.61 Å². The first-order valence-electron chi connectivity index (χ1n) is 11.0. The number of aromatic nitrogens is 4. The van der Waals surface area contributed by atoms with Crippen molar-refractivity contribution in [2.24, 2.45) is 0 Å². The van der Waals surface area contributed by atoms with Gasteiger partial charge in [0, 0.05) is 23.8 Å². The van der Waals surface area contributed by atoms with Crippen molar-refractivity contribution in [3.63, 3.8) is 0 Å². The number of nitrogens with zero attached hydrogens (tertiary/aromatic N) is 4. The van der Waals surface area contributed by atoms with Crippen LogP contribution in [0.1, 0.15) is 42.9 Å². The van der Waals surface area contributed by atoms with E-state index in [4.69, 9.17) is 32.7 Å². The number of rotatable bonds is 7. The fourth-order valence-electron chi connectivity index (χ4n) is 4.67. The number of methoxy groups -OCH3 is 1. The van der Waals surface area contributed by atoms with E-state index in [1.807, 2.05) is 19.3 Å². The summed E-state index contributed by atoms with van der Waals surface area (Å²) >= 11 is 12.8. The molecule has 4 heterocycles. The molecule has 2 aliphatic heterocycles. The third-order valence-electron chi connectivity index (χ3n) is 6.35. The number of fused-ring (bicyclic) bond motifs is 2. The highest BCUT2D eigenvalue weighted by molar-refractivity contribution is 6.37. The van der Waals surface area contributed by atoms with Crippen molar-refractivity contribution in [3.8, 4) is 11.5 Å². The highest BCUT2D eigenvalue weighted by Crippen LogP contribution is 2.37. The largest absolute Gasteiger partial charge is 0.495 e. The van der Waals surface area contributed by atoms with Gasteiger partial charge in [-0.3, -0.25) is 4.68 Å². The molecule has 1 aromatic carbocycles. The van der Waals surface area contributed by atoms with Gasteiger partial charge >= 0.3 is 0 Å². The van der Waals surface area contributed by atoms with Gasteiger partial charge in [-0.2, -0.15) is 5.10 Å². The average molecular weight is 489 g/mol. The summed E-state index contributed by atoms with van der Waals surface area (Å²) in [4.78, 5) is 8.71. The molecule has 2 N–H and O–H groups in total. The summed E-state index contributed by atoms with van der Waals surface area (Å²) in [6.45, 7) is 2.07. The minimum absolute atomic E-state index is 0.177. The van der Waals surface area contributed by atoms with Crippen LogP contribution in [0.4, 0.5) is 11.6 Å². The molecule has 2 aliphatic rings. The lowest BCUT2D eigenvalue weighted by atomic mass is 10.0. The van der Waals surface area contributed by atoms with Crippen molar-refractivity contribution in [1.29, 1.82) is 0 Å². The Morgan fingerprint density at radius 1 is 1.12 bits per heavy atom. The molecule has 8 nitrogen and oxygen atoms in total. The van der Waals surface area contributed by atoms with Crippen LogP contribution in [0.25, 0.3) is 0 Å². The SMILES string of the molecule is COc1cc(C)c(Cl)c(COc2cnc(Nc3cnn([C@@H]4C[C@H]5CC[C@@H](C4)N5)c3)nc2)c1Cl. The lowest BCUT2D eigenvalue weighted by Crippen LogP contribution is -2.38. The van der Waals surface area contributed by atoms with E-state index in [1.165, 1.54) is 12.8 Å². The molecule has 3 aromatic rings. The second-order valence-corrected chi connectivity index (χ2v) is 9.39. The topological polar surface area (TPSA) is 86.1 Å². The van der Waals surface area contributed by atoms with E-state index in [2.05, 4.69) is 30.4 Å².